The molecule has 1 N–H and O–H groups in total. The van der Waals surface area contributed by atoms with E-state index in [0.29, 0.717) is 5.92 Å². The number of rotatable bonds is 5. The van der Waals surface area contributed by atoms with E-state index in [1.165, 1.54) is 11.1 Å². The van der Waals surface area contributed by atoms with Gasteiger partial charge in [-0.25, -0.2) is 0 Å². The fourth-order valence-electron chi connectivity index (χ4n) is 2.96. The molecule has 22 heavy (non-hydrogen) atoms. The molecule has 0 saturated carbocycles. The molecule has 0 unspecified atom stereocenters. The standard InChI is InChI=1S/C18H28N2O2/c1-13(2)17-6-5-16(11-14(17)3)22-12-18(21)19-15-7-9-20(4)10-8-15/h5-6,11,13,15H,7-10,12H2,1-4H3,(H,19,21). The predicted molar refractivity (Wildman–Crippen MR) is 89.4 cm³/mol. The van der Waals surface area contributed by atoms with Crippen molar-refractivity contribution in [3.8, 4) is 5.75 Å². The molecule has 1 amide bonds. The van der Waals surface area contributed by atoms with Gasteiger partial charge in [-0.05, 0) is 69.1 Å². The van der Waals surface area contributed by atoms with Crippen LogP contribution in [0.3, 0.4) is 0 Å². The number of hydrogen-bond acceptors (Lipinski definition) is 3. The summed E-state index contributed by atoms with van der Waals surface area (Å²) in [5.41, 5.74) is 2.53. The lowest BCUT2D eigenvalue weighted by molar-refractivity contribution is -0.124. The Bertz CT molecular complexity index is 506. The maximum Gasteiger partial charge on any atom is 0.258 e. The predicted octanol–water partition coefficient (Wildman–Crippen LogP) is 2.71. The van der Waals surface area contributed by atoms with Gasteiger partial charge in [0, 0.05) is 6.04 Å². The van der Waals surface area contributed by atoms with E-state index in [4.69, 9.17) is 4.74 Å². The lowest BCUT2D eigenvalue weighted by Crippen LogP contribution is -2.44. The van der Waals surface area contributed by atoms with E-state index in [1.807, 2.05) is 12.1 Å². The van der Waals surface area contributed by atoms with E-state index in [2.05, 4.69) is 44.1 Å². The fourth-order valence-corrected chi connectivity index (χ4v) is 2.96. The molecule has 0 spiro atoms. The van der Waals surface area contributed by atoms with Crippen LogP contribution in [0.1, 0.15) is 43.7 Å². The highest BCUT2D eigenvalue weighted by Crippen LogP contribution is 2.23. The highest BCUT2D eigenvalue weighted by atomic mass is 16.5. The van der Waals surface area contributed by atoms with E-state index in [9.17, 15) is 4.79 Å². The molecule has 4 heteroatoms. The zero-order chi connectivity index (χ0) is 16.1. The summed E-state index contributed by atoms with van der Waals surface area (Å²) in [6.07, 6.45) is 2.04. The largest absolute Gasteiger partial charge is 0.484 e. The minimum absolute atomic E-state index is 0.0276. The second kappa shape index (κ2) is 7.63. The van der Waals surface area contributed by atoms with Crippen molar-refractivity contribution in [3.63, 3.8) is 0 Å². The van der Waals surface area contributed by atoms with E-state index in [0.717, 1.165) is 31.7 Å². The average Bonchev–Trinajstić information content (AvgIpc) is 2.47. The number of likely N-dealkylation sites (tertiary alicyclic amines) is 1. The average molecular weight is 304 g/mol. The van der Waals surface area contributed by atoms with Gasteiger partial charge in [0.25, 0.3) is 5.91 Å². The molecular weight excluding hydrogens is 276 g/mol. The van der Waals surface area contributed by atoms with Crippen LogP contribution in [0, 0.1) is 6.92 Å². The van der Waals surface area contributed by atoms with Crippen LogP contribution >= 0.6 is 0 Å². The van der Waals surface area contributed by atoms with E-state index in [-0.39, 0.29) is 18.6 Å². The first-order chi connectivity index (χ1) is 10.5. The molecule has 1 heterocycles. The molecule has 0 bridgehead atoms. The molecule has 0 radical (unpaired) electrons. The number of piperidine rings is 1. The van der Waals surface area contributed by atoms with Gasteiger partial charge in [0.1, 0.15) is 5.75 Å². The van der Waals surface area contributed by atoms with Crippen LogP contribution in [0.2, 0.25) is 0 Å². The van der Waals surface area contributed by atoms with Crippen molar-refractivity contribution < 1.29 is 9.53 Å². The van der Waals surface area contributed by atoms with Gasteiger partial charge in [-0.1, -0.05) is 19.9 Å². The molecule has 1 aromatic carbocycles. The Hall–Kier alpha value is -1.55. The van der Waals surface area contributed by atoms with Gasteiger partial charge >= 0.3 is 0 Å². The van der Waals surface area contributed by atoms with Crippen molar-refractivity contribution in [2.75, 3.05) is 26.7 Å². The van der Waals surface area contributed by atoms with E-state index < -0.39 is 0 Å². The highest BCUT2D eigenvalue weighted by Gasteiger charge is 2.18. The maximum atomic E-state index is 12.0. The molecule has 0 aromatic heterocycles. The number of ether oxygens (including phenoxy) is 1. The molecule has 1 aliphatic heterocycles. The normalized spacial score (nSPS) is 16.8. The number of nitrogens with zero attached hydrogens (tertiary/aromatic N) is 1. The smallest absolute Gasteiger partial charge is 0.258 e. The number of hydrogen-bond donors (Lipinski definition) is 1. The Balaban J connectivity index is 1.80. The zero-order valence-electron chi connectivity index (χ0n) is 14.2. The number of nitrogens with one attached hydrogen (secondary N) is 1. The summed E-state index contributed by atoms with van der Waals surface area (Å²) in [5, 5.41) is 3.06. The van der Waals surface area contributed by atoms with E-state index >= 15 is 0 Å². The first-order valence-electron chi connectivity index (χ1n) is 8.17. The molecule has 0 atom stereocenters. The molecule has 1 fully saturated rings. The van der Waals surface area contributed by atoms with E-state index in [1.54, 1.807) is 0 Å². The van der Waals surface area contributed by atoms with Crippen LogP contribution in [-0.2, 0) is 4.79 Å². The quantitative estimate of drug-likeness (QED) is 0.909. The van der Waals surface area contributed by atoms with Gasteiger partial charge in [-0.3, -0.25) is 4.79 Å². The summed E-state index contributed by atoms with van der Waals surface area (Å²) >= 11 is 0. The SMILES string of the molecule is Cc1cc(OCC(=O)NC2CCN(C)CC2)ccc1C(C)C. The van der Waals surface area contributed by atoms with Crippen LogP contribution in [-0.4, -0.2) is 43.6 Å². The van der Waals surface area contributed by atoms with Gasteiger partial charge in [0.15, 0.2) is 6.61 Å². The first kappa shape index (κ1) is 16.8. The van der Waals surface area contributed by atoms with Crippen LogP contribution in [0.4, 0.5) is 0 Å². The summed E-state index contributed by atoms with van der Waals surface area (Å²) < 4.78 is 5.62. The van der Waals surface area contributed by atoms with Crippen molar-refractivity contribution >= 4 is 5.91 Å². The van der Waals surface area contributed by atoms with Crippen LogP contribution < -0.4 is 10.1 Å². The third-order valence-electron chi connectivity index (χ3n) is 4.32. The van der Waals surface area contributed by atoms with Gasteiger partial charge in [-0.2, -0.15) is 0 Å². The second-order valence-electron chi connectivity index (χ2n) is 6.61. The Morgan fingerprint density at radius 2 is 2.05 bits per heavy atom. The van der Waals surface area contributed by atoms with Crippen molar-refractivity contribution in [2.24, 2.45) is 0 Å². The molecule has 1 aromatic rings. The van der Waals surface area contributed by atoms with Gasteiger partial charge in [-0.15, -0.1) is 0 Å². The highest BCUT2D eigenvalue weighted by molar-refractivity contribution is 5.77. The van der Waals surface area contributed by atoms with Crippen molar-refractivity contribution in [2.45, 2.75) is 45.6 Å². The summed E-state index contributed by atoms with van der Waals surface area (Å²) in [4.78, 5) is 14.3. The molecule has 1 saturated heterocycles. The zero-order valence-corrected chi connectivity index (χ0v) is 14.2. The number of carbonyl (C=O) groups is 1. The minimum Gasteiger partial charge on any atom is -0.484 e. The lowest BCUT2D eigenvalue weighted by Gasteiger charge is -2.29. The summed E-state index contributed by atoms with van der Waals surface area (Å²) in [5.74, 6) is 1.24. The van der Waals surface area contributed by atoms with Gasteiger partial charge in [0.2, 0.25) is 0 Å². The van der Waals surface area contributed by atoms with Crippen molar-refractivity contribution in [3.05, 3.63) is 29.3 Å². The Morgan fingerprint density at radius 3 is 2.64 bits per heavy atom. The maximum absolute atomic E-state index is 12.0. The van der Waals surface area contributed by atoms with Crippen LogP contribution in [0.15, 0.2) is 18.2 Å². The Kier molecular flexibility index (Phi) is 5.83. The molecule has 1 aliphatic rings. The first-order valence-corrected chi connectivity index (χ1v) is 8.17. The van der Waals surface area contributed by atoms with Gasteiger partial charge < -0.3 is 15.0 Å². The molecule has 4 nitrogen and oxygen atoms in total. The topological polar surface area (TPSA) is 41.6 Å². The lowest BCUT2D eigenvalue weighted by atomic mass is 9.98. The number of aryl methyl sites for hydroxylation is 1. The van der Waals surface area contributed by atoms with Crippen molar-refractivity contribution in [1.82, 2.24) is 10.2 Å². The Labute approximate surface area is 133 Å². The second-order valence-corrected chi connectivity index (χ2v) is 6.61. The minimum atomic E-state index is -0.0276. The fraction of sp³-hybridized carbons (Fsp3) is 0.611. The summed E-state index contributed by atoms with van der Waals surface area (Å²) in [7, 11) is 2.12. The Morgan fingerprint density at radius 1 is 1.36 bits per heavy atom. The third kappa shape index (κ3) is 4.73. The molecular formula is C18H28N2O2. The van der Waals surface area contributed by atoms with Crippen LogP contribution in [0.25, 0.3) is 0 Å². The van der Waals surface area contributed by atoms with Crippen LogP contribution in [0.5, 0.6) is 5.75 Å². The number of benzene rings is 1. The number of amides is 1. The number of carbonyl (C=O) groups excluding carboxylic acids is 1. The molecule has 0 aliphatic carbocycles. The summed E-state index contributed by atoms with van der Waals surface area (Å²) in [6.45, 7) is 8.62. The van der Waals surface area contributed by atoms with Gasteiger partial charge in [0.05, 0.1) is 0 Å². The molecule has 122 valence electrons. The summed E-state index contributed by atoms with van der Waals surface area (Å²) in [6, 6.07) is 6.34. The van der Waals surface area contributed by atoms with Crippen molar-refractivity contribution in [1.29, 1.82) is 0 Å². The monoisotopic (exact) mass is 304 g/mol. The molecule has 2 rings (SSSR count). The third-order valence-corrected chi connectivity index (χ3v) is 4.32.